The Labute approximate surface area is 124 Å². The molecule has 2 N–H and O–H groups in total. The van der Waals surface area contributed by atoms with Gasteiger partial charge in [-0.05, 0) is 38.3 Å². The number of nitrogens with two attached hydrogens (primary N) is 1. The fourth-order valence-electron chi connectivity index (χ4n) is 2.99. The zero-order chi connectivity index (χ0) is 15.0. The maximum atomic E-state index is 13.0. The van der Waals surface area contributed by atoms with Gasteiger partial charge in [0.05, 0.1) is 11.9 Å². The zero-order valence-electron chi connectivity index (χ0n) is 12.4. The number of anilines is 2. The number of aryl methyl sites for hydroxylation is 2. The first kappa shape index (κ1) is 13.7. The summed E-state index contributed by atoms with van der Waals surface area (Å²) in [5.41, 5.74) is 9.09. The van der Waals surface area contributed by atoms with E-state index in [1.165, 1.54) is 5.56 Å². The van der Waals surface area contributed by atoms with Crippen LogP contribution in [-0.2, 0) is 13.0 Å². The van der Waals surface area contributed by atoms with Crippen molar-refractivity contribution in [1.82, 2.24) is 9.78 Å². The second-order valence-corrected chi connectivity index (χ2v) is 5.46. The minimum absolute atomic E-state index is 0.0634. The van der Waals surface area contributed by atoms with E-state index in [4.69, 9.17) is 5.73 Å². The number of nitrogen functional groups attached to an aromatic ring is 1. The number of nitrogens with zero attached hydrogens (tertiary/aromatic N) is 3. The van der Waals surface area contributed by atoms with E-state index in [0.29, 0.717) is 17.9 Å². The molecule has 0 aliphatic carbocycles. The monoisotopic (exact) mass is 284 g/mol. The van der Waals surface area contributed by atoms with E-state index in [9.17, 15) is 4.79 Å². The lowest BCUT2D eigenvalue weighted by molar-refractivity contribution is 0.0966. The number of hydrogen-bond donors (Lipinski definition) is 1. The molecule has 0 saturated heterocycles. The van der Waals surface area contributed by atoms with Crippen LogP contribution in [0.5, 0.6) is 0 Å². The Kier molecular flexibility index (Phi) is 3.41. The highest BCUT2D eigenvalue weighted by Crippen LogP contribution is 2.32. The number of rotatable bonds is 2. The number of fused-ring (bicyclic) bond motifs is 1. The molecule has 1 unspecified atom stereocenters. The number of benzene rings is 1. The van der Waals surface area contributed by atoms with Gasteiger partial charge in [-0.2, -0.15) is 5.10 Å². The molecule has 2 heterocycles. The molecule has 1 aliphatic rings. The van der Waals surface area contributed by atoms with E-state index in [2.05, 4.69) is 18.1 Å². The van der Waals surface area contributed by atoms with Crippen molar-refractivity contribution in [2.75, 3.05) is 10.6 Å². The molecule has 1 aromatic carbocycles. The lowest BCUT2D eigenvalue weighted by atomic mass is 9.96. The minimum atomic E-state index is -0.0634. The van der Waals surface area contributed by atoms with Crippen LogP contribution < -0.4 is 10.6 Å². The molecule has 0 bridgehead atoms. The van der Waals surface area contributed by atoms with Crippen LogP contribution in [0, 0.1) is 0 Å². The molecule has 2 aromatic rings. The number of carbonyl (C=O) groups is 1. The van der Waals surface area contributed by atoms with E-state index >= 15 is 0 Å². The van der Waals surface area contributed by atoms with Crippen LogP contribution in [0.2, 0.25) is 0 Å². The van der Waals surface area contributed by atoms with Crippen molar-refractivity contribution in [3.63, 3.8) is 0 Å². The summed E-state index contributed by atoms with van der Waals surface area (Å²) < 4.78 is 1.67. The van der Waals surface area contributed by atoms with E-state index < -0.39 is 0 Å². The molecule has 5 heteroatoms. The Hall–Kier alpha value is -2.30. The molecule has 0 fully saturated rings. The van der Waals surface area contributed by atoms with Gasteiger partial charge >= 0.3 is 0 Å². The Morgan fingerprint density at radius 1 is 1.43 bits per heavy atom. The van der Waals surface area contributed by atoms with Crippen LogP contribution in [0.4, 0.5) is 11.4 Å². The van der Waals surface area contributed by atoms with Crippen molar-refractivity contribution in [2.24, 2.45) is 0 Å². The largest absolute Gasteiger partial charge is 0.396 e. The zero-order valence-corrected chi connectivity index (χ0v) is 12.4. The van der Waals surface area contributed by atoms with E-state index in [-0.39, 0.29) is 11.9 Å². The highest BCUT2D eigenvalue weighted by molar-refractivity contribution is 6.09. The van der Waals surface area contributed by atoms with Crippen LogP contribution >= 0.6 is 0 Å². The second kappa shape index (κ2) is 5.24. The summed E-state index contributed by atoms with van der Waals surface area (Å²) in [6.07, 6.45) is 3.52. The Bertz CT molecular complexity index is 677. The highest BCUT2D eigenvalue weighted by atomic mass is 16.2. The summed E-state index contributed by atoms with van der Waals surface area (Å²) in [5.74, 6) is -0.0634. The van der Waals surface area contributed by atoms with Crippen molar-refractivity contribution in [3.8, 4) is 0 Å². The molecule has 0 radical (unpaired) electrons. The maximum Gasteiger partial charge on any atom is 0.278 e. The number of amides is 1. The first-order valence-electron chi connectivity index (χ1n) is 7.36. The molecule has 0 spiro atoms. The van der Waals surface area contributed by atoms with Gasteiger partial charge in [0.15, 0.2) is 0 Å². The number of para-hydroxylation sites is 1. The van der Waals surface area contributed by atoms with Crippen molar-refractivity contribution in [1.29, 1.82) is 0 Å². The molecule has 5 nitrogen and oxygen atoms in total. The number of aromatic nitrogens is 2. The van der Waals surface area contributed by atoms with Gasteiger partial charge in [-0.3, -0.25) is 9.48 Å². The van der Waals surface area contributed by atoms with Crippen molar-refractivity contribution < 1.29 is 4.79 Å². The predicted octanol–water partition coefficient (Wildman–Crippen LogP) is 2.47. The van der Waals surface area contributed by atoms with Crippen LogP contribution in [0.3, 0.4) is 0 Å². The molecular weight excluding hydrogens is 264 g/mol. The van der Waals surface area contributed by atoms with Crippen molar-refractivity contribution in [3.05, 3.63) is 41.7 Å². The van der Waals surface area contributed by atoms with Crippen LogP contribution in [-0.4, -0.2) is 21.7 Å². The highest BCUT2D eigenvalue weighted by Gasteiger charge is 2.31. The third-order valence-electron chi connectivity index (χ3n) is 4.11. The quantitative estimate of drug-likeness (QED) is 0.921. The topological polar surface area (TPSA) is 64.2 Å². The molecule has 0 saturated carbocycles. The third kappa shape index (κ3) is 2.18. The predicted molar refractivity (Wildman–Crippen MR) is 83.3 cm³/mol. The fraction of sp³-hybridized carbons (Fsp3) is 0.375. The Morgan fingerprint density at radius 3 is 2.95 bits per heavy atom. The van der Waals surface area contributed by atoms with Crippen LogP contribution in [0.25, 0.3) is 0 Å². The average Bonchev–Trinajstić information content (AvgIpc) is 2.87. The molecule has 21 heavy (non-hydrogen) atoms. The normalized spacial score (nSPS) is 17.6. The van der Waals surface area contributed by atoms with Gasteiger partial charge in [0.25, 0.3) is 5.91 Å². The lowest BCUT2D eigenvalue weighted by Crippen LogP contribution is -2.43. The molecule has 1 atom stereocenters. The van der Waals surface area contributed by atoms with Gasteiger partial charge < -0.3 is 10.6 Å². The summed E-state index contributed by atoms with van der Waals surface area (Å²) in [7, 11) is 0. The van der Waals surface area contributed by atoms with Crippen LogP contribution in [0.15, 0.2) is 30.5 Å². The van der Waals surface area contributed by atoms with Gasteiger partial charge in [0.2, 0.25) is 0 Å². The van der Waals surface area contributed by atoms with E-state index in [1.54, 1.807) is 10.9 Å². The van der Waals surface area contributed by atoms with Gasteiger partial charge in [-0.15, -0.1) is 0 Å². The Morgan fingerprint density at radius 2 is 2.19 bits per heavy atom. The average molecular weight is 284 g/mol. The molecular formula is C16H20N4O. The smallest absolute Gasteiger partial charge is 0.278 e. The Balaban J connectivity index is 2.07. The summed E-state index contributed by atoms with van der Waals surface area (Å²) in [5, 5.41) is 4.18. The second-order valence-electron chi connectivity index (χ2n) is 5.46. The molecule has 1 amide bonds. The summed E-state index contributed by atoms with van der Waals surface area (Å²) >= 11 is 0. The van der Waals surface area contributed by atoms with E-state index in [0.717, 1.165) is 18.5 Å². The molecule has 110 valence electrons. The van der Waals surface area contributed by atoms with Crippen LogP contribution in [0.1, 0.15) is 36.3 Å². The lowest BCUT2D eigenvalue weighted by Gasteiger charge is -2.35. The summed E-state index contributed by atoms with van der Waals surface area (Å²) in [6.45, 7) is 4.66. The molecule has 1 aromatic heterocycles. The maximum absolute atomic E-state index is 13.0. The van der Waals surface area contributed by atoms with Gasteiger partial charge in [0, 0.05) is 18.3 Å². The molecule has 1 aliphatic heterocycles. The summed E-state index contributed by atoms with van der Waals surface area (Å²) in [4.78, 5) is 14.9. The number of carbonyl (C=O) groups excluding carboxylic acids is 1. The molecule has 3 rings (SSSR count). The number of hydrogen-bond acceptors (Lipinski definition) is 3. The van der Waals surface area contributed by atoms with E-state index in [1.807, 2.05) is 30.0 Å². The van der Waals surface area contributed by atoms with Crippen molar-refractivity contribution >= 4 is 17.3 Å². The third-order valence-corrected chi connectivity index (χ3v) is 4.11. The first-order valence-corrected chi connectivity index (χ1v) is 7.36. The van der Waals surface area contributed by atoms with Gasteiger partial charge in [-0.25, -0.2) is 0 Å². The first-order chi connectivity index (χ1) is 10.1. The fourth-order valence-corrected chi connectivity index (χ4v) is 2.99. The minimum Gasteiger partial charge on any atom is -0.396 e. The standard InChI is InChI=1S/C16H20N4O/c1-3-19-15(13(17)10-18-19)16(21)20-11(2)8-9-12-6-4-5-7-14(12)20/h4-7,10-11H,3,8-9,17H2,1-2H3. The summed E-state index contributed by atoms with van der Waals surface area (Å²) in [6, 6.07) is 8.24. The van der Waals surface area contributed by atoms with Gasteiger partial charge in [0.1, 0.15) is 5.69 Å². The van der Waals surface area contributed by atoms with Gasteiger partial charge in [-0.1, -0.05) is 18.2 Å². The SMILES string of the molecule is CCn1ncc(N)c1C(=O)N1c2ccccc2CCC1C. The van der Waals surface area contributed by atoms with Crippen molar-refractivity contribution in [2.45, 2.75) is 39.3 Å².